The second-order valence-corrected chi connectivity index (χ2v) is 9.72. The van der Waals surface area contributed by atoms with Crippen molar-refractivity contribution >= 4 is 28.1 Å². The highest BCUT2D eigenvalue weighted by Gasteiger charge is 2.19. The van der Waals surface area contributed by atoms with Gasteiger partial charge in [0.25, 0.3) is 5.56 Å². The van der Waals surface area contributed by atoms with E-state index in [0.29, 0.717) is 16.2 Å². The van der Waals surface area contributed by atoms with E-state index < -0.39 is 5.97 Å². The van der Waals surface area contributed by atoms with Gasteiger partial charge in [-0.3, -0.25) is 18.8 Å². The molecule has 0 saturated heterocycles. The zero-order valence-electron chi connectivity index (χ0n) is 18.0. The SMILES string of the molecule is O=C(CCC(=O)c1ccc2c(c1)CCCC2)OCc1cc(=O)n2c3c(sc2n1)CCCC3. The molecule has 2 aromatic heterocycles. The van der Waals surface area contributed by atoms with Crippen molar-refractivity contribution in [1.29, 1.82) is 0 Å². The lowest BCUT2D eigenvalue weighted by Gasteiger charge is -2.16. The predicted molar refractivity (Wildman–Crippen MR) is 122 cm³/mol. The molecule has 0 fully saturated rings. The van der Waals surface area contributed by atoms with Gasteiger partial charge in [-0.25, -0.2) is 4.98 Å². The molecule has 2 aliphatic carbocycles. The van der Waals surface area contributed by atoms with E-state index in [-0.39, 0.29) is 30.8 Å². The van der Waals surface area contributed by atoms with Gasteiger partial charge >= 0.3 is 5.97 Å². The van der Waals surface area contributed by atoms with E-state index in [4.69, 9.17) is 4.74 Å². The van der Waals surface area contributed by atoms with Crippen LogP contribution >= 0.6 is 11.3 Å². The molecule has 0 radical (unpaired) electrons. The number of aryl methyl sites for hydroxylation is 4. The second kappa shape index (κ2) is 8.98. The Morgan fingerprint density at radius 3 is 2.62 bits per heavy atom. The molecule has 0 N–H and O–H groups in total. The number of ether oxygens (including phenoxy) is 1. The molecule has 5 rings (SSSR count). The van der Waals surface area contributed by atoms with Crippen LogP contribution in [0.5, 0.6) is 0 Å². The Kier molecular flexibility index (Phi) is 5.91. The number of hydrogen-bond acceptors (Lipinski definition) is 6. The monoisotopic (exact) mass is 450 g/mol. The van der Waals surface area contributed by atoms with Gasteiger partial charge in [0.05, 0.1) is 12.1 Å². The number of hydrogen-bond donors (Lipinski definition) is 0. The Bertz CT molecular complexity index is 1260. The second-order valence-electron chi connectivity index (χ2n) is 8.66. The molecule has 0 bridgehead atoms. The Labute approximate surface area is 190 Å². The molecule has 3 aromatic rings. The quantitative estimate of drug-likeness (QED) is 0.415. The van der Waals surface area contributed by atoms with Gasteiger partial charge in [0.15, 0.2) is 10.7 Å². The van der Waals surface area contributed by atoms with Crippen LogP contribution in [-0.4, -0.2) is 21.1 Å². The summed E-state index contributed by atoms with van der Waals surface area (Å²) in [6.45, 7) is -0.0554. The summed E-state index contributed by atoms with van der Waals surface area (Å²) < 4.78 is 7.01. The predicted octanol–water partition coefficient (Wildman–Crippen LogP) is 4.22. The lowest BCUT2D eigenvalue weighted by Crippen LogP contribution is -2.18. The Balaban J connectivity index is 1.18. The highest BCUT2D eigenvalue weighted by Crippen LogP contribution is 2.28. The van der Waals surface area contributed by atoms with Crippen LogP contribution in [0.3, 0.4) is 0 Å². The summed E-state index contributed by atoms with van der Waals surface area (Å²) in [6.07, 6.45) is 8.72. The number of carbonyl (C=O) groups is 2. The van der Waals surface area contributed by atoms with E-state index in [0.717, 1.165) is 50.6 Å². The van der Waals surface area contributed by atoms with Crippen molar-refractivity contribution in [2.24, 2.45) is 0 Å². The lowest BCUT2D eigenvalue weighted by atomic mass is 9.89. The van der Waals surface area contributed by atoms with Crippen LogP contribution in [0.15, 0.2) is 29.1 Å². The number of benzene rings is 1. The number of esters is 1. The molecule has 0 atom stereocenters. The summed E-state index contributed by atoms with van der Waals surface area (Å²) in [4.78, 5) is 43.8. The first-order chi connectivity index (χ1) is 15.6. The molecule has 7 heteroatoms. The minimum Gasteiger partial charge on any atom is -0.459 e. The van der Waals surface area contributed by atoms with Gasteiger partial charge in [0.2, 0.25) is 0 Å². The van der Waals surface area contributed by atoms with Gasteiger partial charge in [-0.1, -0.05) is 12.1 Å². The van der Waals surface area contributed by atoms with Gasteiger partial charge < -0.3 is 4.74 Å². The molecular weight excluding hydrogens is 424 g/mol. The van der Waals surface area contributed by atoms with E-state index >= 15 is 0 Å². The maximum Gasteiger partial charge on any atom is 0.306 e. The average Bonchev–Trinajstić information content (AvgIpc) is 3.19. The topological polar surface area (TPSA) is 77.7 Å². The number of thiazole rings is 1. The van der Waals surface area contributed by atoms with Crippen LogP contribution in [0.1, 0.15) is 76.3 Å². The van der Waals surface area contributed by atoms with Crippen LogP contribution in [0, 0.1) is 0 Å². The van der Waals surface area contributed by atoms with E-state index in [1.54, 1.807) is 15.7 Å². The molecule has 0 unspecified atom stereocenters. The van der Waals surface area contributed by atoms with Crippen molar-refractivity contribution in [2.75, 3.05) is 0 Å². The molecule has 0 spiro atoms. The molecule has 32 heavy (non-hydrogen) atoms. The summed E-state index contributed by atoms with van der Waals surface area (Å²) in [5.41, 5.74) is 4.66. The fourth-order valence-corrected chi connectivity index (χ4v) is 5.94. The number of carbonyl (C=O) groups excluding carboxylic acids is 2. The highest BCUT2D eigenvalue weighted by atomic mass is 32.1. The van der Waals surface area contributed by atoms with Gasteiger partial charge in [-0.05, 0) is 68.6 Å². The minimum atomic E-state index is -0.455. The molecule has 1 aromatic carbocycles. The smallest absolute Gasteiger partial charge is 0.306 e. The van der Waals surface area contributed by atoms with Crippen LogP contribution in [-0.2, 0) is 41.8 Å². The Hall–Kier alpha value is -2.80. The number of rotatable bonds is 6. The first-order valence-electron chi connectivity index (χ1n) is 11.4. The molecule has 166 valence electrons. The maximum absolute atomic E-state index is 12.6. The third-order valence-electron chi connectivity index (χ3n) is 6.42. The third-order valence-corrected chi connectivity index (χ3v) is 7.56. The van der Waals surface area contributed by atoms with E-state index in [1.807, 2.05) is 18.2 Å². The Morgan fingerprint density at radius 1 is 0.969 bits per heavy atom. The molecule has 0 amide bonds. The summed E-state index contributed by atoms with van der Waals surface area (Å²) >= 11 is 1.55. The lowest BCUT2D eigenvalue weighted by molar-refractivity contribution is -0.145. The largest absolute Gasteiger partial charge is 0.459 e. The third kappa shape index (κ3) is 4.26. The number of ketones is 1. The van der Waals surface area contributed by atoms with Crippen LogP contribution in [0.25, 0.3) is 4.96 Å². The van der Waals surface area contributed by atoms with Crippen LogP contribution in [0.2, 0.25) is 0 Å². The van der Waals surface area contributed by atoms with Gasteiger partial charge in [-0.2, -0.15) is 0 Å². The molecule has 6 nitrogen and oxygen atoms in total. The summed E-state index contributed by atoms with van der Waals surface area (Å²) in [7, 11) is 0. The highest BCUT2D eigenvalue weighted by molar-refractivity contribution is 7.17. The van der Waals surface area contributed by atoms with E-state index in [9.17, 15) is 14.4 Å². The fourth-order valence-electron chi connectivity index (χ4n) is 4.71. The van der Waals surface area contributed by atoms with Gasteiger partial charge in [0, 0.05) is 28.6 Å². The molecular formula is C25H26N2O4S. The van der Waals surface area contributed by atoms with Gasteiger partial charge in [0.1, 0.15) is 6.61 Å². The molecule has 0 aliphatic heterocycles. The number of nitrogens with zero attached hydrogens (tertiary/aromatic N) is 2. The van der Waals surface area contributed by atoms with Crippen LogP contribution < -0.4 is 5.56 Å². The number of aromatic nitrogens is 2. The maximum atomic E-state index is 12.6. The zero-order chi connectivity index (χ0) is 22.1. The number of fused-ring (bicyclic) bond motifs is 4. The Morgan fingerprint density at radius 2 is 1.75 bits per heavy atom. The average molecular weight is 451 g/mol. The molecule has 2 heterocycles. The number of Topliss-reactive ketones (excluding diaryl/α,β-unsaturated/α-hetero) is 1. The summed E-state index contributed by atoms with van der Waals surface area (Å²) in [5.74, 6) is -0.499. The van der Waals surface area contributed by atoms with Crippen LogP contribution in [0.4, 0.5) is 0 Å². The van der Waals surface area contributed by atoms with Crippen molar-refractivity contribution in [2.45, 2.75) is 70.8 Å². The molecule has 0 saturated carbocycles. The zero-order valence-corrected chi connectivity index (χ0v) is 18.8. The molecule has 2 aliphatic rings. The van der Waals surface area contributed by atoms with Crippen molar-refractivity contribution in [1.82, 2.24) is 9.38 Å². The van der Waals surface area contributed by atoms with Crippen molar-refractivity contribution in [3.05, 3.63) is 67.6 Å². The minimum absolute atomic E-state index is 0.0183. The van der Waals surface area contributed by atoms with Crippen molar-refractivity contribution in [3.63, 3.8) is 0 Å². The van der Waals surface area contributed by atoms with Crippen molar-refractivity contribution < 1.29 is 14.3 Å². The van der Waals surface area contributed by atoms with E-state index in [2.05, 4.69) is 4.98 Å². The first kappa shape index (κ1) is 21.1. The fraction of sp³-hybridized carbons (Fsp3) is 0.440. The standard InChI is InChI=1S/C25H26N2O4S/c28-21(18-10-9-16-5-1-2-6-17(16)13-18)11-12-24(30)31-15-19-14-23(29)27-20-7-3-4-8-22(20)32-25(27)26-19/h9-10,13-14H,1-8,11-12,15H2. The van der Waals surface area contributed by atoms with E-state index in [1.165, 1.54) is 28.5 Å². The normalized spacial score (nSPS) is 15.2. The van der Waals surface area contributed by atoms with Gasteiger partial charge in [-0.15, -0.1) is 11.3 Å². The summed E-state index contributed by atoms with van der Waals surface area (Å²) in [5, 5.41) is 0. The summed E-state index contributed by atoms with van der Waals surface area (Å²) in [6, 6.07) is 7.34. The van der Waals surface area contributed by atoms with Crippen molar-refractivity contribution in [3.8, 4) is 0 Å². The first-order valence-corrected chi connectivity index (χ1v) is 12.2.